The lowest BCUT2D eigenvalue weighted by Crippen LogP contribution is -2.41. The van der Waals surface area contributed by atoms with E-state index in [4.69, 9.17) is 0 Å². The van der Waals surface area contributed by atoms with E-state index >= 15 is 0 Å². The molecule has 0 aliphatic heterocycles. The van der Waals surface area contributed by atoms with Crippen molar-refractivity contribution in [1.29, 1.82) is 0 Å². The predicted octanol–water partition coefficient (Wildman–Crippen LogP) is 8.07. The third kappa shape index (κ3) is 5.96. The van der Waals surface area contributed by atoms with E-state index in [-0.39, 0.29) is 9.04 Å². The van der Waals surface area contributed by atoms with Crippen molar-refractivity contribution in [3.63, 3.8) is 0 Å². The maximum atomic E-state index is 14.0. The van der Waals surface area contributed by atoms with Crippen LogP contribution in [0.4, 0.5) is 26.3 Å². The zero-order chi connectivity index (χ0) is 27.7. The van der Waals surface area contributed by atoms with Gasteiger partial charge < -0.3 is 0 Å². The Labute approximate surface area is 228 Å². The Balaban J connectivity index is 1.39. The Morgan fingerprint density at radius 3 is 1.95 bits per heavy atom. The molecular weight excluding hydrogens is 530 g/mol. The van der Waals surface area contributed by atoms with Gasteiger partial charge in [-0.25, -0.2) is 4.39 Å². The summed E-state index contributed by atoms with van der Waals surface area (Å²) in [5.74, 6) is -2.34. The molecule has 2 aliphatic rings. The molecule has 0 saturated heterocycles. The van der Waals surface area contributed by atoms with E-state index in [9.17, 15) is 26.3 Å². The Morgan fingerprint density at radius 2 is 1.45 bits per heavy atom. The SMILES string of the molecule is CC[C@@H]1CC[C@@](C)(C2CCC(c3ccc(-c4ccc(C(F)(F)C(F)C(F)(F)F)cc4)cc3)CC2)[C@H]([SiH2][SiH3])C1. The van der Waals surface area contributed by atoms with Gasteiger partial charge in [0.25, 0.3) is 6.17 Å². The summed E-state index contributed by atoms with van der Waals surface area (Å²) in [6.45, 7) is 4.95. The number of benzene rings is 2. The Bertz CT molecular complexity index is 1040. The van der Waals surface area contributed by atoms with Gasteiger partial charge in [-0.15, -0.1) is 0 Å². The summed E-state index contributed by atoms with van der Waals surface area (Å²) in [6.07, 6.45) is 0.713. The van der Waals surface area contributed by atoms with Gasteiger partial charge in [-0.05, 0) is 93.7 Å². The van der Waals surface area contributed by atoms with Gasteiger partial charge in [0.15, 0.2) is 0 Å². The van der Waals surface area contributed by atoms with E-state index in [0.717, 1.165) is 35.1 Å². The van der Waals surface area contributed by atoms with Crippen molar-refractivity contribution < 1.29 is 26.3 Å². The number of rotatable bonds is 7. The Kier molecular flexibility index (Phi) is 8.92. The van der Waals surface area contributed by atoms with E-state index < -0.39 is 23.8 Å². The number of alkyl halides is 6. The molecule has 0 bridgehead atoms. The molecule has 1 unspecified atom stereocenters. The van der Waals surface area contributed by atoms with Crippen molar-refractivity contribution in [2.24, 2.45) is 17.3 Å². The van der Waals surface area contributed by atoms with Gasteiger partial charge in [0.1, 0.15) is 0 Å². The van der Waals surface area contributed by atoms with Crippen LogP contribution in [0.15, 0.2) is 48.5 Å². The van der Waals surface area contributed by atoms with Crippen LogP contribution in [0, 0.1) is 17.3 Å². The van der Waals surface area contributed by atoms with E-state index in [1.807, 2.05) is 12.1 Å². The zero-order valence-corrected chi connectivity index (χ0v) is 26.1. The second-order valence-electron chi connectivity index (χ2n) is 11.9. The average Bonchev–Trinajstić information content (AvgIpc) is 2.92. The second kappa shape index (κ2) is 11.5. The highest BCUT2D eigenvalue weighted by atomic mass is 29.1. The van der Waals surface area contributed by atoms with Gasteiger partial charge in [-0.3, -0.25) is 0 Å². The number of hydrogen-bond donors (Lipinski definition) is 0. The van der Waals surface area contributed by atoms with Crippen molar-refractivity contribution in [1.82, 2.24) is 0 Å². The fraction of sp³-hybridized carbons (Fsp3) is 0.600. The van der Waals surface area contributed by atoms with Gasteiger partial charge >= 0.3 is 12.1 Å². The zero-order valence-electron chi connectivity index (χ0n) is 22.6. The molecule has 2 aromatic carbocycles. The highest BCUT2D eigenvalue weighted by molar-refractivity contribution is 6.90. The maximum Gasteiger partial charge on any atom is 0.426 e. The molecule has 0 radical (unpaired) electrons. The minimum Gasteiger partial charge on any atom is -0.230 e. The van der Waals surface area contributed by atoms with E-state index in [0.29, 0.717) is 16.9 Å². The van der Waals surface area contributed by atoms with Gasteiger partial charge in [0, 0.05) is 14.6 Å². The molecule has 8 heteroatoms. The average molecular weight is 571 g/mol. The standard InChI is InChI=1S/C30H40F6Si2/c1-3-19-16-17-28(2,26(18-19)38-37)24-12-8-22(9-13-24)20-4-6-21(7-5-20)23-10-14-25(15-11-23)29(32,33)27(31)30(34,35)36/h4-7,10-11,14-15,19,22,24,26-27H,3,8-9,12-13,16-18,38H2,1-2,37H3/t19-,22?,24?,26-,27?,28+/m1/s1. The summed E-state index contributed by atoms with van der Waals surface area (Å²) in [4.78, 5) is 0. The second-order valence-corrected chi connectivity index (χ2v) is 16.2. The molecule has 0 spiro atoms. The van der Waals surface area contributed by atoms with Gasteiger partial charge in [0.2, 0.25) is 0 Å². The van der Waals surface area contributed by atoms with Crippen LogP contribution in [0.25, 0.3) is 11.1 Å². The molecule has 2 fully saturated rings. The molecule has 0 N–H and O–H groups in total. The molecule has 2 saturated carbocycles. The van der Waals surface area contributed by atoms with Crippen molar-refractivity contribution >= 4 is 18.8 Å². The lowest BCUT2D eigenvalue weighted by Gasteiger charge is -2.51. The maximum absolute atomic E-state index is 14.0. The molecule has 0 amide bonds. The first kappa shape index (κ1) is 29.4. The summed E-state index contributed by atoms with van der Waals surface area (Å²) in [6, 6.07) is 12.5. The van der Waals surface area contributed by atoms with Gasteiger partial charge in [-0.2, -0.15) is 22.0 Å². The smallest absolute Gasteiger partial charge is 0.230 e. The summed E-state index contributed by atoms with van der Waals surface area (Å²) >= 11 is 0. The highest BCUT2D eigenvalue weighted by Crippen LogP contribution is 2.56. The minimum absolute atomic E-state index is 0.0916. The quantitative estimate of drug-likeness (QED) is 0.233. The molecule has 2 aromatic rings. The van der Waals surface area contributed by atoms with E-state index in [2.05, 4.69) is 26.0 Å². The van der Waals surface area contributed by atoms with Crippen LogP contribution >= 0.6 is 0 Å². The van der Waals surface area contributed by atoms with Crippen LogP contribution < -0.4 is 0 Å². The molecule has 210 valence electrons. The van der Waals surface area contributed by atoms with Crippen molar-refractivity contribution in [2.75, 3.05) is 0 Å². The molecular formula is C30H40F6Si2. The monoisotopic (exact) mass is 570 g/mol. The lowest BCUT2D eigenvalue weighted by atomic mass is 9.59. The van der Waals surface area contributed by atoms with E-state index in [1.165, 1.54) is 78.8 Å². The molecule has 0 heterocycles. The number of halogens is 6. The largest absolute Gasteiger partial charge is 0.426 e. The fourth-order valence-electron chi connectivity index (χ4n) is 7.32. The molecule has 0 nitrogen and oxygen atoms in total. The fourth-order valence-corrected chi connectivity index (χ4v) is 13.4. The highest BCUT2D eigenvalue weighted by Gasteiger charge is 2.57. The predicted molar refractivity (Wildman–Crippen MR) is 149 cm³/mol. The van der Waals surface area contributed by atoms with Crippen molar-refractivity contribution in [2.45, 2.75) is 94.9 Å². The first-order chi connectivity index (χ1) is 17.9. The number of hydrogen-bond acceptors (Lipinski definition) is 0. The van der Waals surface area contributed by atoms with E-state index in [1.54, 1.807) is 0 Å². The minimum atomic E-state index is -5.62. The Hall–Kier alpha value is -1.55. The summed E-state index contributed by atoms with van der Waals surface area (Å²) in [5.41, 5.74) is 3.27. The summed E-state index contributed by atoms with van der Waals surface area (Å²) in [5, 5.41) is 0. The van der Waals surface area contributed by atoms with Crippen molar-refractivity contribution in [3.05, 3.63) is 59.7 Å². The molecule has 4 atom stereocenters. The normalized spacial score (nSPS) is 30.1. The Morgan fingerprint density at radius 1 is 0.895 bits per heavy atom. The van der Waals surface area contributed by atoms with Crippen LogP contribution in [0.5, 0.6) is 0 Å². The molecule has 0 aromatic heterocycles. The van der Waals surface area contributed by atoms with Crippen LogP contribution in [0.1, 0.15) is 82.3 Å². The third-order valence-electron chi connectivity index (χ3n) is 9.96. The van der Waals surface area contributed by atoms with Crippen molar-refractivity contribution in [3.8, 4) is 11.1 Å². The first-order valence-electron chi connectivity index (χ1n) is 14.2. The molecule has 4 rings (SSSR count). The summed E-state index contributed by atoms with van der Waals surface area (Å²) in [7, 11) is 1.50. The third-order valence-corrected chi connectivity index (χ3v) is 15.2. The van der Waals surface area contributed by atoms with Crippen LogP contribution in [0.3, 0.4) is 0 Å². The topological polar surface area (TPSA) is 0 Å². The van der Waals surface area contributed by atoms with Crippen LogP contribution in [-0.4, -0.2) is 31.1 Å². The summed E-state index contributed by atoms with van der Waals surface area (Å²) < 4.78 is 78.9. The molecule has 2 aliphatic carbocycles. The van der Waals surface area contributed by atoms with Crippen LogP contribution in [0.2, 0.25) is 5.54 Å². The first-order valence-corrected chi connectivity index (χ1v) is 20.7. The molecule has 38 heavy (non-hydrogen) atoms. The van der Waals surface area contributed by atoms with Gasteiger partial charge in [0.05, 0.1) is 0 Å². The lowest BCUT2D eigenvalue weighted by molar-refractivity contribution is -0.248. The van der Waals surface area contributed by atoms with Crippen LogP contribution in [-0.2, 0) is 5.92 Å². The van der Waals surface area contributed by atoms with Gasteiger partial charge in [-0.1, -0.05) is 75.2 Å².